The molecule has 112 valence electrons. The van der Waals surface area contributed by atoms with Gasteiger partial charge in [-0.2, -0.15) is 0 Å². The third kappa shape index (κ3) is 5.25. The molecule has 4 nitrogen and oxygen atoms in total. The first kappa shape index (κ1) is 17.2. The van der Waals surface area contributed by atoms with Crippen LogP contribution in [0, 0.1) is 0 Å². The Bertz CT molecular complexity index is 465. The van der Waals surface area contributed by atoms with Crippen LogP contribution in [-0.2, 0) is 25.7 Å². The minimum Gasteiger partial charge on any atom is -0.422 e. The van der Waals surface area contributed by atoms with Gasteiger partial charge < -0.3 is 9.05 Å². The van der Waals surface area contributed by atoms with Crippen LogP contribution in [0.25, 0.3) is 0 Å². The van der Waals surface area contributed by atoms with E-state index >= 15 is 0 Å². The van der Waals surface area contributed by atoms with E-state index in [4.69, 9.17) is 25.7 Å². The van der Waals surface area contributed by atoms with E-state index in [0.717, 1.165) is 18.1 Å². The highest BCUT2D eigenvalue weighted by molar-refractivity contribution is 8.13. The van der Waals surface area contributed by atoms with Gasteiger partial charge in [0.15, 0.2) is 0 Å². The predicted octanol–water partition coefficient (Wildman–Crippen LogP) is 3.47. The van der Waals surface area contributed by atoms with Gasteiger partial charge in [0, 0.05) is 5.30 Å². The smallest absolute Gasteiger partial charge is 0.270 e. The summed E-state index contributed by atoms with van der Waals surface area (Å²) in [6.07, 6.45) is 3.82. The Labute approximate surface area is 126 Å². The van der Waals surface area contributed by atoms with Crippen molar-refractivity contribution in [2.24, 2.45) is 0 Å². The Morgan fingerprint density at radius 1 is 1.30 bits per heavy atom. The van der Waals surface area contributed by atoms with Crippen LogP contribution in [0.4, 0.5) is 0 Å². The molecule has 1 atom stereocenters. The summed E-state index contributed by atoms with van der Waals surface area (Å²) in [4.78, 5) is 4.93. The predicted molar refractivity (Wildman–Crippen MR) is 86.2 cm³/mol. The summed E-state index contributed by atoms with van der Waals surface area (Å²) >= 11 is 5.64. The molecule has 0 saturated carbocycles. The van der Waals surface area contributed by atoms with Gasteiger partial charge in [0.25, 0.3) is 6.49 Å². The maximum absolute atomic E-state index is 5.94. The van der Waals surface area contributed by atoms with Crippen molar-refractivity contribution in [3.05, 3.63) is 42.3 Å². The summed E-state index contributed by atoms with van der Waals surface area (Å²) in [5.41, 5.74) is 2.72. The summed E-state index contributed by atoms with van der Waals surface area (Å²) in [6.45, 7) is 1.93. The summed E-state index contributed by atoms with van der Waals surface area (Å²) in [6, 6.07) is 9.66. The molecule has 1 aromatic rings. The number of unbranched alkanes of at least 4 members (excludes halogenated alkanes) is 1. The average Bonchev–Trinajstić information content (AvgIpc) is 2.46. The normalized spacial score (nSPS) is 14.7. The molecule has 20 heavy (non-hydrogen) atoms. The van der Waals surface area contributed by atoms with Gasteiger partial charge in [-0.1, -0.05) is 31.5 Å². The van der Waals surface area contributed by atoms with Gasteiger partial charge in [0.2, 0.25) is 5.88 Å². The number of rotatable bonds is 9. The van der Waals surface area contributed by atoms with Gasteiger partial charge in [-0.25, -0.2) is 5.48 Å². The number of nitrogens with one attached hydrogen (secondary N) is 1. The van der Waals surface area contributed by atoms with Gasteiger partial charge >= 0.3 is 0 Å². The van der Waals surface area contributed by atoms with Crippen molar-refractivity contribution in [2.75, 3.05) is 13.7 Å². The maximum atomic E-state index is 5.94. The van der Waals surface area contributed by atoms with Crippen LogP contribution in [0.3, 0.4) is 0 Å². The summed E-state index contributed by atoms with van der Waals surface area (Å²) in [5, 5.41) is 0.886. The second-order valence-electron chi connectivity index (χ2n) is 4.01. The Morgan fingerprint density at radius 2 is 2.00 bits per heavy atom. The maximum Gasteiger partial charge on any atom is 0.270 e. The van der Waals surface area contributed by atoms with Crippen LogP contribution < -0.4 is 10.8 Å². The number of benzene rings is 1. The second kappa shape index (κ2) is 9.14. The molecule has 0 aliphatic rings. The van der Waals surface area contributed by atoms with Crippen LogP contribution in [-0.4, -0.2) is 13.7 Å². The molecule has 1 aromatic carbocycles. The highest BCUT2D eigenvalue weighted by Crippen LogP contribution is 2.49. The molecule has 0 aliphatic carbocycles. The number of allylic oxidation sites excluding steroid dienone is 1. The van der Waals surface area contributed by atoms with E-state index in [1.807, 2.05) is 43.3 Å². The lowest BCUT2D eigenvalue weighted by Crippen LogP contribution is -2.17. The first-order chi connectivity index (χ1) is 9.66. The van der Waals surface area contributed by atoms with E-state index in [9.17, 15) is 0 Å². The number of hydrogen-bond acceptors (Lipinski definition) is 5. The standard InChI is InChI=1S/C14H22NO3PS/c1-4-6-12-14(15-16-3)18-19(20,17-5-2)13-10-8-7-9-11-13/h7-12,15H,4-6H2,1-3H3. The minimum absolute atomic E-state index is 0.500. The quantitative estimate of drug-likeness (QED) is 0.429. The largest absolute Gasteiger partial charge is 0.422 e. The number of hydroxylamine groups is 1. The Kier molecular flexibility index (Phi) is 7.85. The molecule has 0 amide bonds. The molecule has 0 radical (unpaired) electrons. The van der Waals surface area contributed by atoms with Crippen molar-refractivity contribution in [2.45, 2.75) is 26.7 Å². The van der Waals surface area contributed by atoms with Gasteiger partial charge in [-0.3, -0.25) is 4.84 Å². The topological polar surface area (TPSA) is 39.7 Å². The van der Waals surface area contributed by atoms with E-state index in [1.54, 1.807) is 0 Å². The van der Waals surface area contributed by atoms with Crippen molar-refractivity contribution < 1.29 is 13.9 Å². The second-order valence-corrected chi connectivity index (χ2v) is 7.40. The van der Waals surface area contributed by atoms with Crippen molar-refractivity contribution in [1.82, 2.24) is 5.48 Å². The summed E-state index contributed by atoms with van der Waals surface area (Å²) in [7, 11) is 1.54. The fraction of sp³-hybridized carbons (Fsp3) is 0.429. The molecular formula is C14H22NO3PS. The molecule has 1 N–H and O–H groups in total. The SMILES string of the molecule is CCCC=C(NOC)OP(=S)(OCC)c1ccccc1. The van der Waals surface area contributed by atoms with Crippen LogP contribution in [0.1, 0.15) is 26.7 Å². The van der Waals surface area contributed by atoms with Crippen LogP contribution in [0.15, 0.2) is 42.3 Å². The molecule has 6 heteroatoms. The Morgan fingerprint density at radius 3 is 2.55 bits per heavy atom. The van der Waals surface area contributed by atoms with Crippen molar-refractivity contribution in [3.63, 3.8) is 0 Å². The van der Waals surface area contributed by atoms with Crippen molar-refractivity contribution >= 4 is 23.6 Å². The van der Waals surface area contributed by atoms with E-state index in [0.29, 0.717) is 12.5 Å². The van der Waals surface area contributed by atoms with E-state index in [-0.39, 0.29) is 0 Å². The molecular weight excluding hydrogens is 293 g/mol. The first-order valence-electron chi connectivity index (χ1n) is 6.65. The average molecular weight is 315 g/mol. The third-order valence-corrected chi connectivity index (χ3v) is 5.55. The fourth-order valence-corrected chi connectivity index (χ4v) is 4.01. The first-order valence-corrected chi connectivity index (χ1v) is 9.29. The molecule has 0 aromatic heterocycles. The monoisotopic (exact) mass is 315 g/mol. The van der Waals surface area contributed by atoms with Gasteiger partial charge in [-0.15, -0.1) is 0 Å². The van der Waals surface area contributed by atoms with Gasteiger partial charge in [0.05, 0.1) is 13.7 Å². The van der Waals surface area contributed by atoms with E-state index < -0.39 is 6.49 Å². The van der Waals surface area contributed by atoms with Gasteiger partial charge in [0.1, 0.15) is 0 Å². The zero-order valence-corrected chi connectivity index (χ0v) is 13.9. The zero-order chi connectivity index (χ0) is 14.8. The molecule has 0 spiro atoms. The van der Waals surface area contributed by atoms with Gasteiger partial charge in [-0.05, 0) is 43.4 Å². The van der Waals surface area contributed by atoms with Crippen LogP contribution in [0.5, 0.6) is 0 Å². The molecule has 0 fully saturated rings. The summed E-state index contributed by atoms with van der Waals surface area (Å²) in [5.74, 6) is 0.509. The Hall–Kier alpha value is -0.870. The van der Waals surface area contributed by atoms with Crippen LogP contribution >= 0.6 is 6.49 Å². The van der Waals surface area contributed by atoms with Crippen LogP contribution in [0.2, 0.25) is 0 Å². The lowest BCUT2D eigenvalue weighted by Gasteiger charge is -2.24. The van der Waals surface area contributed by atoms with E-state index in [1.165, 1.54) is 7.11 Å². The Balaban J connectivity index is 2.98. The lowest BCUT2D eigenvalue weighted by molar-refractivity contribution is 0.0823. The lowest BCUT2D eigenvalue weighted by atomic mass is 10.3. The number of hydrogen-bond donors (Lipinski definition) is 1. The molecule has 1 rings (SSSR count). The fourth-order valence-electron chi connectivity index (χ4n) is 1.54. The van der Waals surface area contributed by atoms with Crippen molar-refractivity contribution in [3.8, 4) is 0 Å². The third-order valence-electron chi connectivity index (χ3n) is 2.41. The zero-order valence-electron chi connectivity index (χ0n) is 12.2. The molecule has 0 bridgehead atoms. The van der Waals surface area contributed by atoms with E-state index in [2.05, 4.69) is 12.4 Å². The van der Waals surface area contributed by atoms with Crippen molar-refractivity contribution in [1.29, 1.82) is 0 Å². The highest BCUT2D eigenvalue weighted by atomic mass is 32.5. The minimum atomic E-state index is -2.58. The molecule has 0 heterocycles. The molecule has 0 aliphatic heterocycles. The molecule has 1 unspecified atom stereocenters. The highest BCUT2D eigenvalue weighted by Gasteiger charge is 2.24. The summed E-state index contributed by atoms with van der Waals surface area (Å²) < 4.78 is 11.7. The molecule has 0 saturated heterocycles.